The van der Waals surface area contributed by atoms with Crippen molar-refractivity contribution in [3.63, 3.8) is 0 Å². The summed E-state index contributed by atoms with van der Waals surface area (Å²) in [5.41, 5.74) is -6.92. The van der Waals surface area contributed by atoms with Crippen LogP contribution >= 0.6 is 0 Å². The molecule has 2 unspecified atom stereocenters. The van der Waals surface area contributed by atoms with Crippen LogP contribution in [0, 0.1) is 34.0 Å². The molecule has 7 nitrogen and oxygen atoms in total. The zero-order valence-electron chi connectivity index (χ0n) is 20.6. The Morgan fingerprint density at radius 3 is 2.09 bits per heavy atom. The Morgan fingerprint density at radius 2 is 1.53 bits per heavy atom. The van der Waals surface area contributed by atoms with E-state index < -0.39 is 63.2 Å². The van der Waals surface area contributed by atoms with Crippen LogP contribution in [-0.2, 0) is 9.53 Å². The third-order valence-corrected chi connectivity index (χ3v) is 10.1. The van der Waals surface area contributed by atoms with Crippen molar-refractivity contribution in [1.29, 1.82) is 0 Å². The predicted molar refractivity (Wildman–Crippen MR) is 117 cm³/mol. The first kappa shape index (κ1) is 24.4. The second kappa shape index (κ2) is 6.69. The van der Waals surface area contributed by atoms with Crippen molar-refractivity contribution in [2.45, 2.75) is 116 Å². The highest BCUT2D eigenvalue weighted by Crippen LogP contribution is 2.70. The molecule has 0 heterocycles. The number of carbonyl (C=O) groups is 1. The topological polar surface area (TPSA) is 127 Å². The van der Waals surface area contributed by atoms with Crippen LogP contribution < -0.4 is 0 Å². The molecule has 1 spiro atoms. The molecule has 4 saturated carbocycles. The van der Waals surface area contributed by atoms with E-state index in [1.165, 1.54) is 0 Å². The molecule has 5 N–H and O–H groups in total. The molecular formula is C25H42O7. The summed E-state index contributed by atoms with van der Waals surface area (Å²) >= 11 is 0. The van der Waals surface area contributed by atoms with Gasteiger partial charge >= 0.3 is 5.97 Å². The summed E-state index contributed by atoms with van der Waals surface area (Å²) in [7, 11) is 0. The Balaban J connectivity index is 1.87. The summed E-state index contributed by atoms with van der Waals surface area (Å²) in [6, 6.07) is 0. The van der Waals surface area contributed by atoms with Gasteiger partial charge in [-0.3, -0.25) is 4.79 Å². The molecular weight excluding hydrogens is 412 g/mol. The highest BCUT2D eigenvalue weighted by Gasteiger charge is 2.77. The number of fused-ring (bicyclic) bond motifs is 2. The molecule has 0 aromatic heterocycles. The maximum absolute atomic E-state index is 13.0. The van der Waals surface area contributed by atoms with Crippen LogP contribution in [0.1, 0.15) is 80.6 Å². The number of carbonyl (C=O) groups excluding carboxylic acids is 1. The lowest BCUT2D eigenvalue weighted by Gasteiger charge is -2.52. The van der Waals surface area contributed by atoms with Crippen LogP contribution in [0.25, 0.3) is 0 Å². The van der Waals surface area contributed by atoms with Gasteiger partial charge in [0.2, 0.25) is 0 Å². The maximum Gasteiger partial charge on any atom is 0.311 e. The van der Waals surface area contributed by atoms with Crippen molar-refractivity contribution in [3.05, 3.63) is 0 Å². The Bertz CT molecular complexity index is 797. The van der Waals surface area contributed by atoms with Crippen molar-refractivity contribution in [1.82, 2.24) is 0 Å². The average Bonchev–Trinajstić information content (AvgIpc) is 2.86. The maximum atomic E-state index is 13.0. The van der Waals surface area contributed by atoms with E-state index in [2.05, 4.69) is 0 Å². The summed E-state index contributed by atoms with van der Waals surface area (Å²) in [6.45, 7) is 12.2. The van der Waals surface area contributed by atoms with E-state index in [0.717, 1.165) is 0 Å². The van der Waals surface area contributed by atoms with Crippen molar-refractivity contribution < 1.29 is 35.1 Å². The zero-order chi connectivity index (χ0) is 24.3. The quantitative estimate of drug-likeness (QED) is 0.382. The molecule has 4 aliphatic rings. The van der Waals surface area contributed by atoms with Gasteiger partial charge in [-0.15, -0.1) is 0 Å². The monoisotopic (exact) mass is 454 g/mol. The molecule has 7 heteroatoms. The van der Waals surface area contributed by atoms with Gasteiger partial charge in [0.25, 0.3) is 0 Å². The van der Waals surface area contributed by atoms with E-state index in [4.69, 9.17) is 4.74 Å². The van der Waals surface area contributed by atoms with Gasteiger partial charge in [-0.25, -0.2) is 0 Å². The Morgan fingerprint density at radius 1 is 0.938 bits per heavy atom. The van der Waals surface area contributed by atoms with E-state index >= 15 is 0 Å². The molecule has 4 fully saturated rings. The SMILES string of the molecule is CC(C)(C)C(=O)OC1[C@@H]2CC[C@@H]3C1(C[C@H](O)[C@@]1(O)[C@@H](C[C@H](O)C1(C)C)[C@]3(C)O)C[C@@]2(C)O. The standard InChI is InChI=1S/C25H42O7/c1-20(2,3)19(28)32-18-13-8-9-14-23(7,30)15-10-16(26)21(4,5)25(15,31)17(27)11-24(14,18)12-22(13,6)29/h13-18,26-27,29-31H,8-12H2,1-7H3/t13-,14-,15-,16-,17-,18?,22+,23+,24?,25-/m0/s1. The third-order valence-electron chi connectivity index (χ3n) is 10.1. The van der Waals surface area contributed by atoms with Gasteiger partial charge in [0, 0.05) is 22.7 Å². The van der Waals surface area contributed by atoms with Crippen LogP contribution in [0.5, 0.6) is 0 Å². The summed E-state index contributed by atoms with van der Waals surface area (Å²) < 4.78 is 6.11. The minimum atomic E-state index is -1.72. The van der Waals surface area contributed by atoms with E-state index in [1.807, 2.05) is 0 Å². The van der Waals surface area contributed by atoms with Crippen LogP contribution in [0.15, 0.2) is 0 Å². The van der Waals surface area contributed by atoms with Crippen molar-refractivity contribution in [3.8, 4) is 0 Å². The zero-order valence-corrected chi connectivity index (χ0v) is 20.6. The van der Waals surface area contributed by atoms with Crippen LogP contribution in [0.3, 0.4) is 0 Å². The molecule has 32 heavy (non-hydrogen) atoms. The van der Waals surface area contributed by atoms with Gasteiger partial charge in [0.1, 0.15) is 11.7 Å². The average molecular weight is 455 g/mol. The lowest BCUT2D eigenvalue weighted by molar-refractivity contribution is -0.203. The molecule has 0 radical (unpaired) electrons. The first-order valence-electron chi connectivity index (χ1n) is 12.1. The first-order valence-corrected chi connectivity index (χ1v) is 12.1. The van der Waals surface area contributed by atoms with Gasteiger partial charge < -0.3 is 30.3 Å². The molecule has 184 valence electrons. The Hall–Kier alpha value is -0.730. The summed E-state index contributed by atoms with van der Waals surface area (Å²) in [4.78, 5) is 13.0. The van der Waals surface area contributed by atoms with E-state index in [-0.39, 0.29) is 31.1 Å². The van der Waals surface area contributed by atoms with E-state index in [0.29, 0.717) is 12.8 Å². The van der Waals surface area contributed by atoms with E-state index in [1.54, 1.807) is 48.5 Å². The number of aliphatic hydroxyl groups excluding tert-OH is 2. The number of rotatable bonds is 1. The first-order chi connectivity index (χ1) is 14.3. The molecule has 0 aliphatic heterocycles. The fourth-order valence-electron chi connectivity index (χ4n) is 8.26. The summed E-state index contributed by atoms with van der Waals surface area (Å²) in [5, 5.41) is 57.7. The molecule has 2 bridgehead atoms. The second-order valence-corrected chi connectivity index (χ2v) is 13.4. The van der Waals surface area contributed by atoms with Gasteiger partial charge in [-0.1, -0.05) is 13.8 Å². The van der Waals surface area contributed by atoms with Crippen molar-refractivity contribution in [2.24, 2.45) is 34.0 Å². The largest absolute Gasteiger partial charge is 0.461 e. The molecule has 10 atom stereocenters. The van der Waals surface area contributed by atoms with Crippen LogP contribution in [-0.4, -0.2) is 66.6 Å². The highest BCUT2D eigenvalue weighted by atomic mass is 16.5. The van der Waals surface area contributed by atoms with Crippen LogP contribution in [0.4, 0.5) is 0 Å². The van der Waals surface area contributed by atoms with Crippen molar-refractivity contribution >= 4 is 5.97 Å². The third kappa shape index (κ3) is 2.87. The minimum absolute atomic E-state index is 0.0890. The number of aliphatic hydroxyl groups is 5. The fraction of sp³-hybridized carbons (Fsp3) is 0.960. The second-order valence-electron chi connectivity index (χ2n) is 13.4. The lowest BCUT2D eigenvalue weighted by atomic mass is 9.57. The van der Waals surface area contributed by atoms with Crippen molar-refractivity contribution in [2.75, 3.05) is 0 Å². The Kier molecular flexibility index (Phi) is 5.10. The molecule has 4 rings (SSSR count). The predicted octanol–water partition coefficient (Wildman–Crippen LogP) is 1.77. The molecule has 4 aliphatic carbocycles. The number of hydrogen-bond donors (Lipinski definition) is 5. The minimum Gasteiger partial charge on any atom is -0.461 e. The van der Waals surface area contributed by atoms with E-state index in [9.17, 15) is 30.3 Å². The number of hydrogen-bond acceptors (Lipinski definition) is 7. The van der Waals surface area contributed by atoms with Crippen LogP contribution in [0.2, 0.25) is 0 Å². The lowest BCUT2D eigenvalue weighted by Crippen LogP contribution is -2.60. The van der Waals surface area contributed by atoms with Gasteiger partial charge in [-0.2, -0.15) is 0 Å². The molecule has 0 amide bonds. The molecule has 0 aromatic carbocycles. The fourth-order valence-corrected chi connectivity index (χ4v) is 8.26. The number of ether oxygens (including phenoxy) is 1. The molecule has 0 aromatic rings. The highest BCUT2D eigenvalue weighted by molar-refractivity contribution is 5.75. The Labute approximate surface area is 191 Å². The normalized spacial score (nSPS) is 54.5. The summed E-state index contributed by atoms with van der Waals surface area (Å²) in [5.74, 6) is -1.84. The van der Waals surface area contributed by atoms with Gasteiger partial charge in [0.15, 0.2) is 0 Å². The summed E-state index contributed by atoms with van der Waals surface area (Å²) in [6.07, 6.45) is -1.09. The smallest absolute Gasteiger partial charge is 0.311 e. The van der Waals surface area contributed by atoms with Gasteiger partial charge in [0.05, 0.1) is 28.8 Å². The van der Waals surface area contributed by atoms with Gasteiger partial charge in [-0.05, 0) is 72.6 Å². The number of esters is 1. The molecule has 0 saturated heterocycles.